The van der Waals surface area contributed by atoms with Crippen LogP contribution in [0.2, 0.25) is 0 Å². The Morgan fingerprint density at radius 1 is 1.53 bits per heavy atom. The molecule has 1 fully saturated rings. The van der Waals surface area contributed by atoms with Crippen molar-refractivity contribution in [3.8, 4) is 0 Å². The van der Waals surface area contributed by atoms with Crippen LogP contribution < -0.4 is 5.32 Å². The highest BCUT2D eigenvalue weighted by atomic mass is 32.1. The maximum Gasteiger partial charge on any atom is 0.0703 e. The van der Waals surface area contributed by atoms with Crippen molar-refractivity contribution in [2.24, 2.45) is 0 Å². The van der Waals surface area contributed by atoms with Crippen LogP contribution in [0.3, 0.4) is 0 Å². The second-order valence-corrected chi connectivity index (χ2v) is 6.76. The van der Waals surface area contributed by atoms with Gasteiger partial charge in [-0.3, -0.25) is 4.90 Å². The molecule has 0 radical (unpaired) electrons. The fourth-order valence-corrected chi connectivity index (χ4v) is 3.79. The summed E-state index contributed by atoms with van der Waals surface area (Å²) in [6.07, 6.45) is 1.52. The second kappa shape index (κ2) is 6.84. The molecule has 0 spiro atoms. The van der Waals surface area contributed by atoms with Crippen molar-refractivity contribution in [2.45, 2.75) is 52.4 Å². The van der Waals surface area contributed by atoms with Crippen LogP contribution in [-0.2, 0) is 17.8 Å². The lowest BCUT2D eigenvalue weighted by Gasteiger charge is -2.26. The van der Waals surface area contributed by atoms with Crippen LogP contribution in [0.25, 0.3) is 0 Å². The van der Waals surface area contributed by atoms with Gasteiger partial charge in [-0.2, -0.15) is 0 Å². The maximum atomic E-state index is 5.66. The van der Waals surface area contributed by atoms with E-state index in [1.54, 1.807) is 0 Å². The summed E-state index contributed by atoms with van der Waals surface area (Å²) in [4.78, 5) is 5.34. The van der Waals surface area contributed by atoms with Crippen LogP contribution in [0.5, 0.6) is 0 Å². The molecule has 2 heterocycles. The SMILES string of the molecule is CCNCc1cc(CN(C)C2CCOC2C)c(C)s1. The Morgan fingerprint density at radius 2 is 2.32 bits per heavy atom. The number of aryl methyl sites for hydroxylation is 1. The summed E-state index contributed by atoms with van der Waals surface area (Å²) in [5.41, 5.74) is 1.47. The summed E-state index contributed by atoms with van der Waals surface area (Å²) in [5.74, 6) is 0. The quantitative estimate of drug-likeness (QED) is 0.868. The van der Waals surface area contributed by atoms with Crippen molar-refractivity contribution in [1.82, 2.24) is 10.2 Å². The molecule has 0 aliphatic carbocycles. The summed E-state index contributed by atoms with van der Waals surface area (Å²) in [5, 5.41) is 3.40. The fourth-order valence-electron chi connectivity index (χ4n) is 2.77. The molecule has 2 rings (SSSR count). The first-order valence-electron chi connectivity index (χ1n) is 7.22. The van der Waals surface area contributed by atoms with Gasteiger partial charge < -0.3 is 10.1 Å². The molecule has 2 unspecified atom stereocenters. The lowest BCUT2D eigenvalue weighted by Crippen LogP contribution is -2.36. The Kier molecular flexibility index (Phi) is 5.39. The molecule has 0 amide bonds. The van der Waals surface area contributed by atoms with Crippen LogP contribution >= 0.6 is 11.3 Å². The molecular formula is C15H26N2OS. The molecule has 1 aliphatic rings. The van der Waals surface area contributed by atoms with E-state index in [0.29, 0.717) is 12.1 Å². The fraction of sp³-hybridized carbons (Fsp3) is 0.733. The van der Waals surface area contributed by atoms with Gasteiger partial charge in [-0.05, 0) is 45.5 Å². The van der Waals surface area contributed by atoms with Gasteiger partial charge in [0.15, 0.2) is 0 Å². The van der Waals surface area contributed by atoms with E-state index in [0.717, 1.165) is 32.7 Å². The molecule has 0 aromatic carbocycles. The molecule has 1 aromatic heterocycles. The van der Waals surface area contributed by atoms with E-state index in [1.165, 1.54) is 15.3 Å². The molecule has 1 aliphatic heterocycles. The second-order valence-electron chi connectivity index (χ2n) is 5.42. The first-order chi connectivity index (χ1) is 9.11. The first kappa shape index (κ1) is 15.0. The highest BCUT2D eigenvalue weighted by molar-refractivity contribution is 7.12. The van der Waals surface area contributed by atoms with E-state index < -0.39 is 0 Å². The predicted octanol–water partition coefficient (Wildman–Crippen LogP) is 2.78. The van der Waals surface area contributed by atoms with Crippen LogP contribution in [0, 0.1) is 6.92 Å². The van der Waals surface area contributed by atoms with Crippen LogP contribution in [0.15, 0.2) is 6.07 Å². The predicted molar refractivity (Wildman–Crippen MR) is 81.7 cm³/mol. The van der Waals surface area contributed by atoms with Gasteiger partial charge in [0.1, 0.15) is 0 Å². The average molecular weight is 282 g/mol. The number of nitrogens with one attached hydrogen (secondary N) is 1. The van der Waals surface area contributed by atoms with Crippen molar-refractivity contribution in [1.29, 1.82) is 0 Å². The lowest BCUT2D eigenvalue weighted by molar-refractivity contribution is 0.0814. The van der Waals surface area contributed by atoms with Crippen molar-refractivity contribution >= 4 is 11.3 Å². The first-order valence-corrected chi connectivity index (χ1v) is 8.04. The Morgan fingerprint density at radius 3 is 2.95 bits per heavy atom. The standard InChI is InChI=1S/C15H26N2OS/c1-5-16-9-14-8-13(12(3)19-14)10-17(4)15-6-7-18-11(15)2/h8,11,15-16H,5-7,9-10H2,1-4H3. The molecule has 3 nitrogen and oxygen atoms in total. The third-order valence-electron chi connectivity index (χ3n) is 3.94. The summed E-state index contributed by atoms with van der Waals surface area (Å²) < 4.78 is 5.66. The van der Waals surface area contributed by atoms with E-state index in [1.807, 2.05) is 11.3 Å². The highest BCUT2D eigenvalue weighted by Crippen LogP contribution is 2.25. The summed E-state index contributed by atoms with van der Waals surface area (Å²) in [7, 11) is 2.22. The number of likely N-dealkylation sites (N-methyl/N-ethyl adjacent to an activating group) is 1. The van der Waals surface area contributed by atoms with E-state index in [9.17, 15) is 0 Å². The molecule has 1 saturated heterocycles. The minimum Gasteiger partial charge on any atom is -0.377 e. The zero-order chi connectivity index (χ0) is 13.8. The number of ether oxygens (including phenoxy) is 1. The van der Waals surface area contributed by atoms with Crippen molar-refractivity contribution in [3.05, 3.63) is 21.4 Å². The van der Waals surface area contributed by atoms with E-state index >= 15 is 0 Å². The number of hydrogen-bond donors (Lipinski definition) is 1. The minimum absolute atomic E-state index is 0.366. The van der Waals surface area contributed by atoms with Gasteiger partial charge in [-0.1, -0.05) is 6.92 Å². The molecule has 19 heavy (non-hydrogen) atoms. The van der Waals surface area contributed by atoms with Gasteiger partial charge >= 0.3 is 0 Å². The average Bonchev–Trinajstić information content (AvgIpc) is 2.94. The van der Waals surface area contributed by atoms with E-state index in [2.05, 4.69) is 44.1 Å². The molecular weight excluding hydrogens is 256 g/mol. The molecule has 0 bridgehead atoms. The smallest absolute Gasteiger partial charge is 0.0703 e. The normalized spacial score (nSPS) is 23.4. The van der Waals surface area contributed by atoms with Gasteiger partial charge in [0, 0.05) is 35.5 Å². The van der Waals surface area contributed by atoms with E-state index in [4.69, 9.17) is 4.74 Å². The number of rotatable bonds is 6. The lowest BCUT2D eigenvalue weighted by atomic mass is 10.1. The van der Waals surface area contributed by atoms with Crippen molar-refractivity contribution < 1.29 is 4.74 Å². The van der Waals surface area contributed by atoms with Crippen LogP contribution in [0.1, 0.15) is 35.6 Å². The molecule has 2 atom stereocenters. The Hall–Kier alpha value is -0.420. The molecule has 1 aromatic rings. The Labute approximate surface area is 121 Å². The van der Waals surface area contributed by atoms with Gasteiger partial charge in [0.2, 0.25) is 0 Å². The van der Waals surface area contributed by atoms with Gasteiger partial charge in [-0.15, -0.1) is 11.3 Å². The summed E-state index contributed by atoms with van der Waals surface area (Å²) in [6.45, 7) is 10.5. The molecule has 108 valence electrons. The van der Waals surface area contributed by atoms with Crippen LogP contribution in [-0.4, -0.2) is 37.2 Å². The van der Waals surface area contributed by atoms with Crippen LogP contribution in [0.4, 0.5) is 0 Å². The number of nitrogens with zero attached hydrogens (tertiary/aromatic N) is 1. The third-order valence-corrected chi connectivity index (χ3v) is 5.04. The largest absolute Gasteiger partial charge is 0.377 e. The molecule has 4 heteroatoms. The summed E-state index contributed by atoms with van der Waals surface area (Å²) >= 11 is 1.92. The Balaban J connectivity index is 1.96. The third kappa shape index (κ3) is 3.78. The summed E-state index contributed by atoms with van der Waals surface area (Å²) in [6, 6.07) is 2.93. The van der Waals surface area contributed by atoms with Gasteiger partial charge in [-0.25, -0.2) is 0 Å². The maximum absolute atomic E-state index is 5.66. The van der Waals surface area contributed by atoms with Crippen molar-refractivity contribution in [2.75, 3.05) is 20.2 Å². The zero-order valence-corrected chi connectivity index (χ0v) is 13.3. The topological polar surface area (TPSA) is 24.5 Å². The Bertz CT molecular complexity index is 405. The highest BCUT2D eigenvalue weighted by Gasteiger charge is 2.28. The van der Waals surface area contributed by atoms with Gasteiger partial charge in [0.25, 0.3) is 0 Å². The van der Waals surface area contributed by atoms with Gasteiger partial charge in [0.05, 0.1) is 6.10 Å². The molecule has 1 N–H and O–H groups in total. The monoisotopic (exact) mass is 282 g/mol. The molecule has 0 saturated carbocycles. The zero-order valence-electron chi connectivity index (χ0n) is 12.5. The number of thiophene rings is 1. The minimum atomic E-state index is 0.366. The van der Waals surface area contributed by atoms with E-state index in [-0.39, 0.29) is 0 Å². The number of hydrogen-bond acceptors (Lipinski definition) is 4. The van der Waals surface area contributed by atoms with Crippen molar-refractivity contribution in [3.63, 3.8) is 0 Å².